The number of fused-ring (bicyclic) bond motifs is 1. The molecule has 1 aliphatic rings. The van der Waals surface area contributed by atoms with Crippen LogP contribution in [0.1, 0.15) is 15.9 Å². The molecule has 0 spiro atoms. The highest BCUT2D eigenvalue weighted by Crippen LogP contribution is 2.34. The second-order valence-corrected chi connectivity index (χ2v) is 5.53. The average molecular weight is 332 g/mol. The van der Waals surface area contributed by atoms with Crippen molar-refractivity contribution in [1.82, 2.24) is 0 Å². The molecule has 0 atom stereocenters. The van der Waals surface area contributed by atoms with E-state index in [4.69, 9.17) is 21.4 Å². The van der Waals surface area contributed by atoms with Crippen LogP contribution in [-0.2, 0) is 11.3 Å². The fourth-order valence-corrected chi connectivity index (χ4v) is 2.63. The summed E-state index contributed by atoms with van der Waals surface area (Å²) in [6.45, 7) is -0.367. The molecule has 1 aliphatic heterocycles. The predicted octanol–water partition coefficient (Wildman–Crippen LogP) is 2.44. The number of rotatable bonds is 4. The molecule has 1 amide bonds. The maximum absolute atomic E-state index is 12.2. The van der Waals surface area contributed by atoms with Crippen molar-refractivity contribution >= 4 is 29.0 Å². The van der Waals surface area contributed by atoms with Gasteiger partial charge in [-0.05, 0) is 29.8 Å². The SMILES string of the molecule is O=C(CO)c1ccc2c(c1)N(Cc1ccccc1Cl)C(=O)CO2. The lowest BCUT2D eigenvalue weighted by atomic mass is 10.1. The van der Waals surface area contributed by atoms with Crippen LogP contribution in [0.3, 0.4) is 0 Å². The molecule has 0 bridgehead atoms. The lowest BCUT2D eigenvalue weighted by molar-refractivity contribution is -0.121. The minimum Gasteiger partial charge on any atom is -0.482 e. The van der Waals surface area contributed by atoms with Crippen molar-refractivity contribution in [2.45, 2.75) is 6.54 Å². The lowest BCUT2D eigenvalue weighted by Gasteiger charge is -2.30. The third kappa shape index (κ3) is 3.06. The van der Waals surface area contributed by atoms with Crippen LogP contribution in [0.25, 0.3) is 0 Å². The normalized spacial score (nSPS) is 13.5. The smallest absolute Gasteiger partial charge is 0.265 e. The highest BCUT2D eigenvalue weighted by atomic mass is 35.5. The summed E-state index contributed by atoms with van der Waals surface area (Å²) in [7, 11) is 0. The zero-order valence-electron chi connectivity index (χ0n) is 12.2. The maximum atomic E-state index is 12.2. The Hall–Kier alpha value is -2.37. The van der Waals surface area contributed by atoms with Crippen LogP contribution in [0.5, 0.6) is 5.75 Å². The standard InChI is InChI=1S/C17H14ClNO4/c18-13-4-2-1-3-12(13)8-19-14-7-11(15(21)9-20)5-6-16(14)23-10-17(19)22/h1-7,20H,8-10H2. The Morgan fingerprint density at radius 2 is 2.04 bits per heavy atom. The molecular formula is C17H14ClNO4. The fraction of sp³-hybridized carbons (Fsp3) is 0.176. The number of anilines is 1. The molecule has 2 aromatic carbocycles. The summed E-state index contributed by atoms with van der Waals surface area (Å²) in [4.78, 5) is 25.5. The van der Waals surface area contributed by atoms with Gasteiger partial charge in [0.15, 0.2) is 12.4 Å². The molecule has 1 N–H and O–H groups in total. The number of Topliss-reactive ketones (excluding diaryl/α,β-unsaturated/α-hetero) is 1. The minimum atomic E-state index is -0.585. The van der Waals surface area contributed by atoms with E-state index in [1.807, 2.05) is 18.2 Å². The van der Waals surface area contributed by atoms with E-state index >= 15 is 0 Å². The Bertz CT molecular complexity index is 775. The van der Waals surface area contributed by atoms with Crippen molar-refractivity contribution in [3.05, 3.63) is 58.6 Å². The molecule has 0 fully saturated rings. The third-order valence-electron chi connectivity index (χ3n) is 3.65. The highest BCUT2D eigenvalue weighted by molar-refractivity contribution is 6.31. The number of carbonyl (C=O) groups excluding carboxylic acids is 2. The number of hydrogen-bond acceptors (Lipinski definition) is 4. The summed E-state index contributed by atoms with van der Waals surface area (Å²) < 4.78 is 5.40. The van der Waals surface area contributed by atoms with Gasteiger partial charge < -0.3 is 14.7 Å². The molecule has 3 rings (SSSR count). The maximum Gasteiger partial charge on any atom is 0.265 e. The molecule has 0 saturated heterocycles. The van der Waals surface area contributed by atoms with Gasteiger partial charge >= 0.3 is 0 Å². The van der Waals surface area contributed by atoms with E-state index in [1.165, 1.54) is 4.90 Å². The van der Waals surface area contributed by atoms with Gasteiger partial charge in [-0.3, -0.25) is 9.59 Å². The van der Waals surface area contributed by atoms with E-state index in [9.17, 15) is 9.59 Å². The van der Waals surface area contributed by atoms with Gasteiger partial charge in [0.25, 0.3) is 5.91 Å². The monoisotopic (exact) mass is 331 g/mol. The second kappa shape index (κ2) is 6.40. The second-order valence-electron chi connectivity index (χ2n) is 5.12. The van der Waals surface area contributed by atoms with Crippen molar-refractivity contribution in [1.29, 1.82) is 0 Å². The lowest BCUT2D eigenvalue weighted by Crippen LogP contribution is -2.38. The molecule has 0 unspecified atom stereocenters. The minimum absolute atomic E-state index is 0.0647. The number of hydrogen-bond donors (Lipinski definition) is 1. The summed E-state index contributed by atoms with van der Waals surface area (Å²) in [5, 5.41) is 9.57. The first-order valence-corrected chi connectivity index (χ1v) is 7.42. The molecule has 0 aliphatic carbocycles. The van der Waals surface area contributed by atoms with E-state index in [0.29, 0.717) is 22.0 Å². The van der Waals surface area contributed by atoms with Crippen LogP contribution in [0.15, 0.2) is 42.5 Å². The zero-order chi connectivity index (χ0) is 16.4. The van der Waals surface area contributed by atoms with Crippen molar-refractivity contribution < 1.29 is 19.4 Å². The molecule has 6 heteroatoms. The summed E-state index contributed by atoms with van der Waals surface area (Å²) in [6, 6.07) is 12.0. The number of carbonyl (C=O) groups is 2. The Kier molecular flexibility index (Phi) is 4.32. The molecule has 0 radical (unpaired) electrons. The van der Waals surface area contributed by atoms with Crippen LogP contribution in [-0.4, -0.2) is 30.0 Å². The van der Waals surface area contributed by atoms with Gasteiger partial charge in [-0.25, -0.2) is 0 Å². The van der Waals surface area contributed by atoms with Gasteiger partial charge in [-0.2, -0.15) is 0 Å². The molecule has 0 saturated carbocycles. The van der Waals surface area contributed by atoms with E-state index in [-0.39, 0.29) is 19.1 Å². The molecule has 118 valence electrons. The molecule has 23 heavy (non-hydrogen) atoms. The van der Waals surface area contributed by atoms with E-state index < -0.39 is 12.4 Å². The number of aliphatic hydroxyl groups is 1. The number of benzene rings is 2. The fourth-order valence-electron chi connectivity index (χ4n) is 2.44. The van der Waals surface area contributed by atoms with Crippen molar-refractivity contribution in [2.24, 2.45) is 0 Å². The first-order valence-electron chi connectivity index (χ1n) is 7.05. The Balaban J connectivity index is 2.00. The van der Waals surface area contributed by atoms with Crippen molar-refractivity contribution in [3.8, 4) is 5.75 Å². The summed E-state index contributed by atoms with van der Waals surface area (Å²) in [6.07, 6.45) is 0. The van der Waals surface area contributed by atoms with Gasteiger partial charge in [0, 0.05) is 10.6 Å². The molecule has 1 heterocycles. The van der Waals surface area contributed by atoms with Crippen LogP contribution in [0.2, 0.25) is 5.02 Å². The van der Waals surface area contributed by atoms with Gasteiger partial charge in [0.2, 0.25) is 0 Å². The Labute approximate surface area is 138 Å². The van der Waals surface area contributed by atoms with Crippen LogP contribution < -0.4 is 9.64 Å². The molecule has 0 aromatic heterocycles. The Morgan fingerprint density at radius 1 is 1.26 bits per heavy atom. The van der Waals surface area contributed by atoms with Gasteiger partial charge in [-0.15, -0.1) is 0 Å². The van der Waals surface area contributed by atoms with E-state index in [2.05, 4.69) is 0 Å². The van der Waals surface area contributed by atoms with Crippen LogP contribution in [0.4, 0.5) is 5.69 Å². The summed E-state index contributed by atoms with van der Waals surface area (Å²) in [5.41, 5.74) is 1.63. The number of ketones is 1. The number of halogens is 1. The Morgan fingerprint density at radius 3 is 2.78 bits per heavy atom. The first-order chi connectivity index (χ1) is 11.1. The quantitative estimate of drug-likeness (QED) is 0.874. The zero-order valence-corrected chi connectivity index (χ0v) is 12.9. The van der Waals surface area contributed by atoms with E-state index in [0.717, 1.165) is 5.56 Å². The number of ether oxygens (including phenoxy) is 1. The number of nitrogens with zero attached hydrogens (tertiary/aromatic N) is 1. The van der Waals surface area contributed by atoms with Crippen LogP contribution >= 0.6 is 11.6 Å². The summed E-state index contributed by atoms with van der Waals surface area (Å²) >= 11 is 6.17. The van der Waals surface area contributed by atoms with Crippen molar-refractivity contribution in [3.63, 3.8) is 0 Å². The van der Waals surface area contributed by atoms with Crippen molar-refractivity contribution in [2.75, 3.05) is 18.1 Å². The van der Waals surface area contributed by atoms with Gasteiger partial charge in [0.05, 0.1) is 12.2 Å². The van der Waals surface area contributed by atoms with Gasteiger partial charge in [0.1, 0.15) is 12.4 Å². The number of aliphatic hydroxyl groups excluding tert-OH is 1. The van der Waals surface area contributed by atoms with E-state index in [1.54, 1.807) is 24.3 Å². The number of amides is 1. The third-order valence-corrected chi connectivity index (χ3v) is 4.02. The molecule has 2 aromatic rings. The summed E-state index contributed by atoms with van der Waals surface area (Å²) in [5.74, 6) is -0.110. The van der Waals surface area contributed by atoms with Gasteiger partial charge in [-0.1, -0.05) is 29.8 Å². The van der Waals surface area contributed by atoms with Crippen LogP contribution in [0, 0.1) is 0 Å². The highest BCUT2D eigenvalue weighted by Gasteiger charge is 2.27. The topological polar surface area (TPSA) is 66.8 Å². The largest absolute Gasteiger partial charge is 0.482 e. The molecule has 5 nitrogen and oxygen atoms in total. The predicted molar refractivity (Wildman–Crippen MR) is 86.0 cm³/mol. The molecular weight excluding hydrogens is 318 g/mol. The average Bonchev–Trinajstić information content (AvgIpc) is 2.58. The first kappa shape index (κ1) is 15.5.